The average Bonchev–Trinajstić information content (AvgIpc) is 2.82. The summed E-state index contributed by atoms with van der Waals surface area (Å²) in [4.78, 5) is 11.2. The molecule has 1 saturated heterocycles. The van der Waals surface area contributed by atoms with Gasteiger partial charge in [-0.05, 0) is 25.8 Å². The standard InChI is InChI=1S/C14H20ClN5O/c1-19(7-10-4-3-5-21-9-10)8-12-17-13(15)11-6-16-20(2)14(11)18-12/h6,10H,3-5,7-9H2,1-2H3. The van der Waals surface area contributed by atoms with Crippen LogP contribution in [0.5, 0.6) is 0 Å². The monoisotopic (exact) mass is 309 g/mol. The Morgan fingerprint density at radius 1 is 1.48 bits per heavy atom. The molecule has 114 valence electrons. The fourth-order valence-electron chi connectivity index (χ4n) is 2.80. The Morgan fingerprint density at radius 3 is 3.10 bits per heavy atom. The fourth-order valence-corrected chi connectivity index (χ4v) is 3.03. The summed E-state index contributed by atoms with van der Waals surface area (Å²) in [5, 5.41) is 5.44. The Kier molecular flexibility index (Phi) is 4.37. The predicted molar refractivity (Wildman–Crippen MR) is 81.2 cm³/mol. The molecule has 0 bridgehead atoms. The number of hydrogen-bond donors (Lipinski definition) is 0. The van der Waals surface area contributed by atoms with Crippen LogP contribution in [0.4, 0.5) is 0 Å². The summed E-state index contributed by atoms with van der Waals surface area (Å²) >= 11 is 6.21. The molecule has 6 nitrogen and oxygen atoms in total. The molecule has 0 spiro atoms. The molecule has 0 N–H and O–H groups in total. The second-order valence-electron chi connectivity index (χ2n) is 5.72. The highest BCUT2D eigenvalue weighted by atomic mass is 35.5. The number of nitrogens with zero attached hydrogens (tertiary/aromatic N) is 5. The van der Waals surface area contributed by atoms with Gasteiger partial charge < -0.3 is 4.74 Å². The Balaban J connectivity index is 1.70. The van der Waals surface area contributed by atoms with Gasteiger partial charge in [-0.25, -0.2) is 9.97 Å². The van der Waals surface area contributed by atoms with Gasteiger partial charge in [0.25, 0.3) is 0 Å². The molecular formula is C14H20ClN5O. The zero-order valence-corrected chi connectivity index (χ0v) is 13.2. The van der Waals surface area contributed by atoms with Crippen molar-refractivity contribution in [2.75, 3.05) is 26.8 Å². The first kappa shape index (κ1) is 14.7. The molecule has 0 aromatic carbocycles. The first-order valence-electron chi connectivity index (χ1n) is 7.24. The zero-order chi connectivity index (χ0) is 14.8. The predicted octanol–water partition coefficient (Wildman–Crippen LogP) is 1.88. The van der Waals surface area contributed by atoms with Crippen molar-refractivity contribution >= 4 is 22.6 Å². The first-order valence-corrected chi connectivity index (χ1v) is 7.61. The van der Waals surface area contributed by atoms with E-state index < -0.39 is 0 Å². The van der Waals surface area contributed by atoms with Crippen LogP contribution in [0, 0.1) is 5.92 Å². The summed E-state index contributed by atoms with van der Waals surface area (Å²) in [5.41, 5.74) is 0.777. The Labute approximate surface area is 129 Å². The van der Waals surface area contributed by atoms with Crippen molar-refractivity contribution in [1.29, 1.82) is 0 Å². The maximum absolute atomic E-state index is 6.21. The maximum atomic E-state index is 6.21. The summed E-state index contributed by atoms with van der Waals surface area (Å²) in [6.07, 6.45) is 4.08. The lowest BCUT2D eigenvalue weighted by Crippen LogP contribution is -2.31. The highest BCUT2D eigenvalue weighted by molar-refractivity contribution is 6.33. The normalized spacial score (nSPS) is 19.5. The quantitative estimate of drug-likeness (QED) is 0.807. The van der Waals surface area contributed by atoms with Crippen molar-refractivity contribution in [2.45, 2.75) is 19.4 Å². The summed E-state index contributed by atoms with van der Waals surface area (Å²) in [7, 11) is 3.94. The van der Waals surface area contributed by atoms with Crippen molar-refractivity contribution in [3.05, 3.63) is 17.2 Å². The van der Waals surface area contributed by atoms with Gasteiger partial charge in [0, 0.05) is 20.2 Å². The number of halogens is 1. The van der Waals surface area contributed by atoms with Gasteiger partial charge in [0.2, 0.25) is 0 Å². The van der Waals surface area contributed by atoms with Gasteiger partial charge >= 0.3 is 0 Å². The Morgan fingerprint density at radius 2 is 2.33 bits per heavy atom. The van der Waals surface area contributed by atoms with E-state index in [2.05, 4.69) is 27.0 Å². The van der Waals surface area contributed by atoms with Crippen LogP contribution in [0.25, 0.3) is 11.0 Å². The molecule has 0 aliphatic carbocycles. The summed E-state index contributed by atoms with van der Waals surface area (Å²) in [5.74, 6) is 1.33. The smallest absolute Gasteiger partial charge is 0.162 e. The number of ether oxygens (including phenoxy) is 1. The number of hydrogen-bond acceptors (Lipinski definition) is 5. The molecule has 0 saturated carbocycles. The highest BCUT2D eigenvalue weighted by Gasteiger charge is 2.17. The van der Waals surface area contributed by atoms with E-state index >= 15 is 0 Å². The molecule has 1 aliphatic rings. The van der Waals surface area contributed by atoms with Crippen molar-refractivity contribution in [3.63, 3.8) is 0 Å². The minimum absolute atomic E-state index is 0.470. The average molecular weight is 310 g/mol. The van der Waals surface area contributed by atoms with Crippen LogP contribution in [-0.2, 0) is 18.3 Å². The number of fused-ring (bicyclic) bond motifs is 1. The topological polar surface area (TPSA) is 56.1 Å². The van der Waals surface area contributed by atoms with Crippen LogP contribution in [0.1, 0.15) is 18.7 Å². The van der Waals surface area contributed by atoms with Crippen LogP contribution >= 0.6 is 11.6 Å². The van der Waals surface area contributed by atoms with Gasteiger partial charge in [-0.1, -0.05) is 11.6 Å². The lowest BCUT2D eigenvalue weighted by Gasteiger charge is -2.26. The Hall–Kier alpha value is -1.24. The number of aromatic nitrogens is 4. The Bertz CT molecular complexity index is 623. The first-order chi connectivity index (χ1) is 10.1. The number of aryl methyl sites for hydroxylation is 1. The van der Waals surface area contributed by atoms with Crippen LogP contribution in [-0.4, -0.2) is 51.5 Å². The van der Waals surface area contributed by atoms with Gasteiger partial charge in [-0.2, -0.15) is 5.10 Å². The third kappa shape index (κ3) is 3.33. The van der Waals surface area contributed by atoms with Gasteiger partial charge in [0.05, 0.1) is 24.7 Å². The summed E-state index contributed by atoms with van der Waals surface area (Å²) < 4.78 is 7.25. The van der Waals surface area contributed by atoms with E-state index in [1.807, 2.05) is 7.05 Å². The van der Waals surface area contributed by atoms with E-state index in [0.29, 0.717) is 17.6 Å². The SMILES string of the molecule is CN(Cc1nc(Cl)c2cnn(C)c2n1)CC1CCCOC1. The molecule has 2 aromatic heterocycles. The molecule has 1 aliphatic heterocycles. The summed E-state index contributed by atoms with van der Waals surface area (Å²) in [6, 6.07) is 0. The molecule has 2 aromatic rings. The lowest BCUT2D eigenvalue weighted by atomic mass is 10.0. The molecule has 3 heterocycles. The van der Waals surface area contributed by atoms with Crippen molar-refractivity contribution < 1.29 is 4.74 Å². The van der Waals surface area contributed by atoms with E-state index in [1.54, 1.807) is 10.9 Å². The molecule has 3 rings (SSSR count). The van der Waals surface area contributed by atoms with Gasteiger partial charge in [0.15, 0.2) is 5.65 Å². The van der Waals surface area contributed by atoms with Gasteiger partial charge in [0.1, 0.15) is 11.0 Å². The van der Waals surface area contributed by atoms with Crippen LogP contribution in [0.15, 0.2) is 6.20 Å². The van der Waals surface area contributed by atoms with E-state index in [4.69, 9.17) is 16.3 Å². The van der Waals surface area contributed by atoms with Gasteiger partial charge in [-0.3, -0.25) is 9.58 Å². The van der Waals surface area contributed by atoms with Crippen molar-refractivity contribution in [1.82, 2.24) is 24.6 Å². The second kappa shape index (κ2) is 6.25. The van der Waals surface area contributed by atoms with Crippen LogP contribution in [0.3, 0.4) is 0 Å². The van der Waals surface area contributed by atoms with E-state index in [9.17, 15) is 0 Å². The van der Waals surface area contributed by atoms with E-state index in [1.165, 1.54) is 6.42 Å². The molecule has 0 radical (unpaired) electrons. The van der Waals surface area contributed by atoms with Crippen LogP contribution in [0.2, 0.25) is 5.15 Å². The van der Waals surface area contributed by atoms with Crippen molar-refractivity contribution in [2.24, 2.45) is 13.0 Å². The molecule has 1 unspecified atom stereocenters. The largest absolute Gasteiger partial charge is 0.381 e. The molecule has 1 atom stereocenters. The fraction of sp³-hybridized carbons (Fsp3) is 0.643. The molecule has 7 heteroatoms. The third-order valence-corrected chi connectivity index (χ3v) is 4.12. The van der Waals surface area contributed by atoms with Gasteiger partial charge in [-0.15, -0.1) is 0 Å². The lowest BCUT2D eigenvalue weighted by molar-refractivity contribution is 0.0408. The molecule has 21 heavy (non-hydrogen) atoms. The minimum atomic E-state index is 0.470. The third-order valence-electron chi connectivity index (χ3n) is 3.83. The summed E-state index contributed by atoms with van der Waals surface area (Å²) in [6.45, 7) is 3.42. The zero-order valence-electron chi connectivity index (χ0n) is 12.4. The number of rotatable bonds is 4. The van der Waals surface area contributed by atoms with E-state index in [-0.39, 0.29) is 0 Å². The highest BCUT2D eigenvalue weighted by Crippen LogP contribution is 2.20. The minimum Gasteiger partial charge on any atom is -0.381 e. The van der Waals surface area contributed by atoms with E-state index in [0.717, 1.165) is 43.0 Å². The maximum Gasteiger partial charge on any atom is 0.162 e. The molecule has 1 fully saturated rings. The molecule has 0 amide bonds. The molecular weight excluding hydrogens is 290 g/mol. The van der Waals surface area contributed by atoms with Crippen LogP contribution < -0.4 is 0 Å². The van der Waals surface area contributed by atoms with Crippen molar-refractivity contribution in [3.8, 4) is 0 Å². The second-order valence-corrected chi connectivity index (χ2v) is 6.07.